The van der Waals surface area contributed by atoms with Gasteiger partial charge in [0.1, 0.15) is 5.75 Å². The summed E-state index contributed by atoms with van der Waals surface area (Å²) in [5, 5.41) is 19.2. The summed E-state index contributed by atoms with van der Waals surface area (Å²) in [5.74, 6) is -0.154. The third kappa shape index (κ3) is 1.29. The Morgan fingerprint density at radius 3 is 2.64 bits per heavy atom. The van der Waals surface area contributed by atoms with Crippen molar-refractivity contribution in [3.63, 3.8) is 0 Å². The van der Waals surface area contributed by atoms with Gasteiger partial charge in [-0.1, -0.05) is 6.07 Å². The maximum absolute atomic E-state index is 10.2. The molecular formula is C7H6NO3. The first-order valence-corrected chi connectivity index (χ1v) is 2.91. The number of hydrogen-bond donors (Lipinski definition) is 1. The molecule has 1 aromatic rings. The molecule has 57 valence electrons. The molecule has 0 amide bonds. The molecule has 0 bridgehead atoms. The van der Waals surface area contributed by atoms with Gasteiger partial charge in [-0.3, -0.25) is 10.1 Å². The molecule has 0 fully saturated rings. The molecule has 0 aromatic heterocycles. The Labute approximate surface area is 63.2 Å². The zero-order chi connectivity index (χ0) is 8.43. The summed E-state index contributed by atoms with van der Waals surface area (Å²) in [7, 11) is 0. The van der Waals surface area contributed by atoms with E-state index in [0.717, 1.165) is 0 Å². The van der Waals surface area contributed by atoms with Crippen molar-refractivity contribution < 1.29 is 10.0 Å². The first-order chi connectivity index (χ1) is 5.13. The van der Waals surface area contributed by atoms with Crippen molar-refractivity contribution in [2.24, 2.45) is 0 Å². The zero-order valence-corrected chi connectivity index (χ0v) is 5.65. The lowest BCUT2D eigenvalue weighted by atomic mass is 10.2. The van der Waals surface area contributed by atoms with E-state index in [9.17, 15) is 10.1 Å². The van der Waals surface area contributed by atoms with Crippen LogP contribution in [0.15, 0.2) is 18.2 Å². The van der Waals surface area contributed by atoms with Crippen molar-refractivity contribution in [3.05, 3.63) is 40.8 Å². The van der Waals surface area contributed by atoms with Gasteiger partial charge in [0.05, 0.1) is 10.5 Å². The molecule has 4 nitrogen and oxygen atoms in total. The van der Waals surface area contributed by atoms with Crippen molar-refractivity contribution in [3.8, 4) is 5.75 Å². The SMILES string of the molecule is [CH2]c1c(O)cccc1[N+](=O)[O-]. The van der Waals surface area contributed by atoms with Crippen LogP contribution in [0.5, 0.6) is 5.75 Å². The quantitative estimate of drug-likeness (QED) is 0.489. The van der Waals surface area contributed by atoms with Gasteiger partial charge in [-0.15, -0.1) is 0 Å². The number of aromatic hydroxyl groups is 1. The summed E-state index contributed by atoms with van der Waals surface area (Å²) < 4.78 is 0. The van der Waals surface area contributed by atoms with Crippen molar-refractivity contribution in [1.82, 2.24) is 0 Å². The number of nitro benzene ring substituents is 1. The molecule has 11 heavy (non-hydrogen) atoms. The molecule has 0 aliphatic rings. The fourth-order valence-electron chi connectivity index (χ4n) is 0.734. The van der Waals surface area contributed by atoms with Crippen molar-refractivity contribution in [2.45, 2.75) is 0 Å². The largest absolute Gasteiger partial charge is 0.507 e. The van der Waals surface area contributed by atoms with Crippen molar-refractivity contribution in [1.29, 1.82) is 0 Å². The highest BCUT2D eigenvalue weighted by atomic mass is 16.6. The predicted octanol–water partition coefficient (Wildman–Crippen LogP) is 1.48. The van der Waals surface area contributed by atoms with Crippen LogP contribution in [0.3, 0.4) is 0 Å². The van der Waals surface area contributed by atoms with Gasteiger partial charge in [0.25, 0.3) is 5.69 Å². The van der Waals surface area contributed by atoms with Crippen LogP contribution in [0.2, 0.25) is 0 Å². The van der Waals surface area contributed by atoms with Gasteiger partial charge in [0, 0.05) is 6.07 Å². The van der Waals surface area contributed by atoms with E-state index in [1.807, 2.05) is 0 Å². The molecule has 0 aliphatic carbocycles. The summed E-state index contributed by atoms with van der Waals surface area (Å²) in [6.45, 7) is 3.35. The van der Waals surface area contributed by atoms with Gasteiger partial charge in [-0.2, -0.15) is 0 Å². The molecule has 0 saturated carbocycles. The summed E-state index contributed by atoms with van der Waals surface area (Å²) in [6, 6.07) is 4.06. The Morgan fingerprint density at radius 1 is 1.55 bits per heavy atom. The molecule has 4 heteroatoms. The van der Waals surface area contributed by atoms with E-state index in [0.29, 0.717) is 0 Å². The van der Waals surface area contributed by atoms with Crippen LogP contribution >= 0.6 is 0 Å². The Hall–Kier alpha value is -1.58. The minimum Gasteiger partial charge on any atom is -0.507 e. The van der Waals surface area contributed by atoms with Gasteiger partial charge in [-0.25, -0.2) is 0 Å². The maximum Gasteiger partial charge on any atom is 0.276 e. The lowest BCUT2D eigenvalue weighted by Gasteiger charge is -1.97. The average Bonchev–Trinajstić information content (AvgIpc) is 1.94. The lowest BCUT2D eigenvalue weighted by Crippen LogP contribution is -1.90. The fraction of sp³-hybridized carbons (Fsp3) is 0. The van der Waals surface area contributed by atoms with Gasteiger partial charge >= 0.3 is 0 Å². The highest BCUT2D eigenvalue weighted by Gasteiger charge is 2.11. The average molecular weight is 152 g/mol. The van der Waals surface area contributed by atoms with Gasteiger partial charge in [0.2, 0.25) is 0 Å². The van der Waals surface area contributed by atoms with Crippen LogP contribution in [0.4, 0.5) is 5.69 Å². The van der Waals surface area contributed by atoms with E-state index in [-0.39, 0.29) is 17.0 Å². The maximum atomic E-state index is 10.2. The monoisotopic (exact) mass is 152 g/mol. The smallest absolute Gasteiger partial charge is 0.276 e. The molecule has 1 radical (unpaired) electrons. The molecule has 0 saturated heterocycles. The second kappa shape index (κ2) is 2.57. The summed E-state index contributed by atoms with van der Waals surface area (Å²) >= 11 is 0. The summed E-state index contributed by atoms with van der Waals surface area (Å²) in [6.07, 6.45) is 0. The highest BCUT2D eigenvalue weighted by Crippen LogP contribution is 2.25. The van der Waals surface area contributed by atoms with Gasteiger partial charge in [-0.05, 0) is 13.0 Å². The number of phenols is 1. The highest BCUT2D eigenvalue weighted by molar-refractivity contribution is 5.50. The van der Waals surface area contributed by atoms with Crippen LogP contribution < -0.4 is 0 Å². The third-order valence-electron chi connectivity index (χ3n) is 1.32. The number of hydrogen-bond acceptors (Lipinski definition) is 3. The Morgan fingerprint density at radius 2 is 2.18 bits per heavy atom. The molecule has 0 aliphatic heterocycles. The van der Waals surface area contributed by atoms with E-state index in [4.69, 9.17) is 5.11 Å². The molecule has 0 atom stereocenters. The minimum atomic E-state index is -0.581. The lowest BCUT2D eigenvalue weighted by molar-refractivity contribution is -0.385. The van der Waals surface area contributed by atoms with E-state index in [1.165, 1.54) is 18.2 Å². The van der Waals surface area contributed by atoms with Crippen molar-refractivity contribution in [2.75, 3.05) is 0 Å². The summed E-state index contributed by atoms with van der Waals surface area (Å²) in [5.41, 5.74) is -0.109. The minimum absolute atomic E-state index is 0.0532. The van der Waals surface area contributed by atoms with Crippen LogP contribution in [0, 0.1) is 17.0 Å². The van der Waals surface area contributed by atoms with Gasteiger partial charge < -0.3 is 5.11 Å². The number of phenolic OH excluding ortho intramolecular Hbond substituents is 1. The number of rotatable bonds is 1. The first kappa shape index (κ1) is 7.53. The van der Waals surface area contributed by atoms with Crippen LogP contribution in [-0.2, 0) is 0 Å². The Bertz CT molecular complexity index is 296. The second-order valence-electron chi connectivity index (χ2n) is 2.03. The molecular weight excluding hydrogens is 146 g/mol. The molecule has 1 aromatic carbocycles. The predicted molar refractivity (Wildman–Crippen MR) is 39.2 cm³/mol. The standard InChI is InChI=1S/C7H6NO3/c1-5-6(8(10)11)3-2-4-7(5)9/h2-4,9H,1H2. The molecule has 1 rings (SSSR count). The Kier molecular flexibility index (Phi) is 1.76. The molecule has 0 unspecified atom stereocenters. The Balaban J connectivity index is 3.27. The van der Waals surface area contributed by atoms with Crippen LogP contribution in [0.25, 0.3) is 0 Å². The normalized spacial score (nSPS) is 9.55. The van der Waals surface area contributed by atoms with E-state index in [2.05, 4.69) is 6.92 Å². The molecule has 0 spiro atoms. The molecule has 1 N–H and O–H groups in total. The first-order valence-electron chi connectivity index (χ1n) is 2.91. The summed E-state index contributed by atoms with van der Waals surface area (Å²) in [4.78, 5) is 9.65. The van der Waals surface area contributed by atoms with E-state index in [1.54, 1.807) is 0 Å². The number of nitrogens with zero attached hydrogens (tertiary/aromatic N) is 1. The van der Waals surface area contributed by atoms with Crippen molar-refractivity contribution >= 4 is 5.69 Å². The van der Waals surface area contributed by atoms with Gasteiger partial charge in [0.15, 0.2) is 0 Å². The van der Waals surface area contributed by atoms with E-state index < -0.39 is 4.92 Å². The van der Waals surface area contributed by atoms with Crippen LogP contribution in [0.1, 0.15) is 5.56 Å². The van der Waals surface area contributed by atoms with Crippen LogP contribution in [-0.4, -0.2) is 10.0 Å². The fourth-order valence-corrected chi connectivity index (χ4v) is 0.734. The van der Waals surface area contributed by atoms with E-state index >= 15 is 0 Å². The number of benzene rings is 1. The topological polar surface area (TPSA) is 63.4 Å². The third-order valence-corrected chi connectivity index (χ3v) is 1.32. The molecule has 0 heterocycles. The second-order valence-corrected chi connectivity index (χ2v) is 2.03. The zero-order valence-electron chi connectivity index (χ0n) is 5.65. The number of nitro groups is 1.